The maximum absolute atomic E-state index is 12.0. The summed E-state index contributed by atoms with van der Waals surface area (Å²) in [6.07, 6.45) is 24.5. The van der Waals surface area contributed by atoms with Gasteiger partial charge >= 0.3 is 5.97 Å². The van der Waals surface area contributed by atoms with Gasteiger partial charge in [0.1, 0.15) is 0 Å². The Kier molecular flexibility index (Phi) is 16.1. The van der Waals surface area contributed by atoms with Crippen LogP contribution < -0.4 is 0 Å². The van der Waals surface area contributed by atoms with Crippen molar-refractivity contribution < 1.29 is 9.53 Å². The number of carbonyl (C=O) groups excluding carboxylic acids is 1. The van der Waals surface area contributed by atoms with Gasteiger partial charge in [-0.1, -0.05) is 103 Å². The summed E-state index contributed by atoms with van der Waals surface area (Å²) in [6, 6.07) is 0. The second kappa shape index (κ2) is 17.3. The molecule has 3 heteroatoms. The van der Waals surface area contributed by atoms with Crippen LogP contribution in [0.2, 0.25) is 0 Å². The third-order valence-electron chi connectivity index (χ3n) is 5.75. The molecule has 0 aromatic rings. The highest BCUT2D eigenvalue weighted by Crippen LogP contribution is 2.31. The summed E-state index contributed by atoms with van der Waals surface area (Å²) >= 11 is 2.33. The molecule has 1 fully saturated rings. The average molecular weight is 478 g/mol. The zero-order chi connectivity index (χ0) is 18.9. The zero-order valence-corrected chi connectivity index (χ0v) is 19.4. The van der Waals surface area contributed by atoms with Crippen molar-refractivity contribution in [3.05, 3.63) is 0 Å². The fraction of sp³-hybridized carbons (Fsp3) is 0.957. The van der Waals surface area contributed by atoms with Crippen molar-refractivity contribution in [2.45, 2.75) is 133 Å². The molecule has 2 nitrogen and oxygen atoms in total. The molecule has 0 bridgehead atoms. The molecular formula is C23H43IO2. The maximum atomic E-state index is 12.0. The van der Waals surface area contributed by atoms with Gasteiger partial charge in [0, 0.05) is 12.3 Å². The second-order valence-corrected chi connectivity index (χ2v) is 9.46. The third-order valence-corrected chi connectivity index (χ3v) is 7.02. The van der Waals surface area contributed by atoms with Crippen molar-refractivity contribution in [1.29, 1.82) is 0 Å². The Labute approximate surface area is 176 Å². The van der Waals surface area contributed by atoms with Crippen LogP contribution in [0, 0.1) is 5.92 Å². The van der Waals surface area contributed by atoms with Crippen molar-refractivity contribution in [3.8, 4) is 0 Å². The molecule has 26 heavy (non-hydrogen) atoms. The Morgan fingerprint density at radius 3 is 1.77 bits per heavy atom. The molecular weight excluding hydrogens is 435 g/mol. The molecule has 1 unspecified atom stereocenters. The summed E-state index contributed by atoms with van der Waals surface area (Å²) in [5, 5.41) is 0. The first-order valence-electron chi connectivity index (χ1n) is 11.6. The van der Waals surface area contributed by atoms with E-state index in [0.717, 1.165) is 6.42 Å². The molecule has 1 atom stereocenters. The first kappa shape index (κ1) is 24.2. The van der Waals surface area contributed by atoms with Crippen LogP contribution in [0.5, 0.6) is 0 Å². The van der Waals surface area contributed by atoms with Crippen LogP contribution in [0.15, 0.2) is 0 Å². The zero-order valence-electron chi connectivity index (χ0n) is 17.3. The minimum atomic E-state index is 0.0260. The maximum Gasteiger partial charge on any atom is 0.306 e. The van der Waals surface area contributed by atoms with E-state index in [0.29, 0.717) is 12.3 Å². The van der Waals surface area contributed by atoms with Crippen LogP contribution in [-0.4, -0.2) is 10.1 Å². The van der Waals surface area contributed by atoms with Gasteiger partial charge in [-0.25, -0.2) is 0 Å². The van der Waals surface area contributed by atoms with E-state index < -0.39 is 0 Å². The number of hydrogen-bond donors (Lipinski definition) is 0. The molecule has 1 rings (SSSR count). The molecule has 1 aliphatic carbocycles. The Morgan fingerprint density at radius 2 is 1.27 bits per heavy atom. The molecule has 0 aromatic carbocycles. The number of rotatable bonds is 16. The smallest absolute Gasteiger partial charge is 0.306 e. The predicted molar refractivity (Wildman–Crippen MR) is 121 cm³/mol. The molecule has 0 heterocycles. The SMILES string of the molecule is CCCCCCCCCCCCCCCC(=O)OC(I)C1CCCCC1. The summed E-state index contributed by atoms with van der Waals surface area (Å²) in [5.41, 5.74) is 0. The molecule has 0 saturated heterocycles. The molecule has 0 amide bonds. The number of halogens is 1. The van der Waals surface area contributed by atoms with Gasteiger partial charge in [0.15, 0.2) is 4.11 Å². The Morgan fingerprint density at radius 1 is 0.808 bits per heavy atom. The van der Waals surface area contributed by atoms with Crippen molar-refractivity contribution in [2.24, 2.45) is 5.92 Å². The van der Waals surface area contributed by atoms with Crippen molar-refractivity contribution >= 4 is 28.6 Å². The molecule has 1 saturated carbocycles. The van der Waals surface area contributed by atoms with Gasteiger partial charge in [-0.3, -0.25) is 4.79 Å². The highest BCUT2D eigenvalue weighted by atomic mass is 127. The van der Waals surface area contributed by atoms with Crippen LogP contribution in [-0.2, 0) is 9.53 Å². The number of alkyl halides is 1. The van der Waals surface area contributed by atoms with Gasteiger partial charge in [0.25, 0.3) is 0 Å². The van der Waals surface area contributed by atoms with E-state index in [1.54, 1.807) is 0 Å². The summed E-state index contributed by atoms with van der Waals surface area (Å²) in [6.45, 7) is 2.28. The highest BCUT2D eigenvalue weighted by Gasteiger charge is 2.24. The van der Waals surface area contributed by atoms with Crippen molar-refractivity contribution in [1.82, 2.24) is 0 Å². The van der Waals surface area contributed by atoms with Crippen LogP contribution in [0.3, 0.4) is 0 Å². The quantitative estimate of drug-likeness (QED) is 0.0964. The normalized spacial score (nSPS) is 16.5. The number of hydrogen-bond acceptors (Lipinski definition) is 2. The largest absolute Gasteiger partial charge is 0.451 e. The van der Waals surface area contributed by atoms with E-state index in [2.05, 4.69) is 29.5 Å². The van der Waals surface area contributed by atoms with Crippen LogP contribution in [0.1, 0.15) is 129 Å². The van der Waals surface area contributed by atoms with Gasteiger partial charge in [0.2, 0.25) is 0 Å². The molecule has 0 radical (unpaired) electrons. The van der Waals surface area contributed by atoms with Crippen molar-refractivity contribution in [3.63, 3.8) is 0 Å². The van der Waals surface area contributed by atoms with E-state index in [-0.39, 0.29) is 10.1 Å². The van der Waals surface area contributed by atoms with Crippen molar-refractivity contribution in [2.75, 3.05) is 0 Å². The molecule has 0 aliphatic heterocycles. The fourth-order valence-corrected chi connectivity index (χ4v) is 4.97. The molecule has 1 aliphatic rings. The Hall–Kier alpha value is 0.200. The Bertz CT molecular complexity index is 326. The second-order valence-electron chi connectivity index (χ2n) is 8.23. The number of carbonyl (C=O) groups is 1. The van der Waals surface area contributed by atoms with Crippen LogP contribution >= 0.6 is 22.6 Å². The molecule has 0 spiro atoms. The number of esters is 1. The Balaban J connectivity index is 1.82. The summed E-state index contributed by atoms with van der Waals surface area (Å²) in [5.74, 6) is 0.623. The highest BCUT2D eigenvalue weighted by molar-refractivity contribution is 14.1. The number of unbranched alkanes of at least 4 members (excludes halogenated alkanes) is 12. The minimum Gasteiger partial charge on any atom is -0.451 e. The van der Waals surface area contributed by atoms with Gasteiger partial charge in [0.05, 0.1) is 0 Å². The average Bonchev–Trinajstić information content (AvgIpc) is 2.66. The molecule has 0 N–H and O–H groups in total. The fourth-order valence-electron chi connectivity index (χ4n) is 3.96. The van der Waals surface area contributed by atoms with E-state index >= 15 is 0 Å². The number of ether oxygens (including phenoxy) is 1. The lowest BCUT2D eigenvalue weighted by Gasteiger charge is -2.26. The predicted octanol–water partition coefficient (Wildman–Crippen LogP) is 8.35. The molecule has 154 valence electrons. The first-order valence-corrected chi connectivity index (χ1v) is 12.8. The van der Waals surface area contributed by atoms with Gasteiger partial charge < -0.3 is 4.74 Å². The lowest BCUT2D eigenvalue weighted by molar-refractivity contribution is -0.146. The molecule has 0 aromatic heterocycles. The van der Waals surface area contributed by atoms with E-state index in [1.165, 1.54) is 109 Å². The van der Waals surface area contributed by atoms with E-state index in [4.69, 9.17) is 4.74 Å². The lowest BCUT2D eigenvalue weighted by Crippen LogP contribution is -2.23. The van der Waals surface area contributed by atoms with Gasteiger partial charge in [-0.2, -0.15) is 0 Å². The topological polar surface area (TPSA) is 26.3 Å². The summed E-state index contributed by atoms with van der Waals surface area (Å²) < 4.78 is 5.74. The summed E-state index contributed by atoms with van der Waals surface area (Å²) in [7, 11) is 0. The summed E-state index contributed by atoms with van der Waals surface area (Å²) in [4.78, 5) is 12.0. The van der Waals surface area contributed by atoms with E-state index in [9.17, 15) is 4.79 Å². The van der Waals surface area contributed by atoms with E-state index in [1.807, 2.05) is 0 Å². The lowest BCUT2D eigenvalue weighted by atomic mass is 9.90. The van der Waals surface area contributed by atoms with Gasteiger partial charge in [-0.05, 0) is 41.9 Å². The first-order chi connectivity index (χ1) is 12.7. The standard InChI is InChI=1S/C23H43IO2/c1-2-3-4-5-6-7-8-9-10-11-12-13-17-20-22(25)26-23(24)21-18-15-14-16-19-21/h21,23H,2-20H2,1H3. The van der Waals surface area contributed by atoms with Crippen LogP contribution in [0.25, 0.3) is 0 Å². The monoisotopic (exact) mass is 478 g/mol. The minimum absolute atomic E-state index is 0.0260. The third kappa shape index (κ3) is 13.4. The van der Waals surface area contributed by atoms with Crippen LogP contribution in [0.4, 0.5) is 0 Å². The van der Waals surface area contributed by atoms with Gasteiger partial charge in [-0.15, -0.1) is 0 Å².